The summed E-state index contributed by atoms with van der Waals surface area (Å²) in [7, 11) is -7.19. The minimum absolute atomic E-state index is 0. The number of nitrogen functional groups attached to an aromatic ring is 1. The molecule has 0 saturated carbocycles. The fraction of sp³-hybridized carbons (Fsp3) is 0.176. The van der Waals surface area contributed by atoms with Gasteiger partial charge in [0.2, 0.25) is 31.8 Å². The van der Waals surface area contributed by atoms with E-state index in [1.54, 1.807) is 29.8 Å². The van der Waals surface area contributed by atoms with Crippen LogP contribution in [0.15, 0.2) is 40.1 Å². The predicted molar refractivity (Wildman–Crippen MR) is 127 cm³/mol. The van der Waals surface area contributed by atoms with Crippen molar-refractivity contribution in [1.29, 1.82) is 0 Å². The quantitative estimate of drug-likeness (QED) is 0.202. The molecule has 2 heterocycles. The van der Waals surface area contributed by atoms with Crippen LogP contribution in [0, 0.1) is 0 Å². The SMILES string of the molecule is Cl.Cn1c(N)nc2c(-c3ccc(S(=O)(=O)NCCN)c(S(N)(=O)=O)c3-c3nn[nH]n3)cccc21. The summed E-state index contributed by atoms with van der Waals surface area (Å²) < 4.78 is 55.2. The molecule has 0 bridgehead atoms. The molecule has 0 unspecified atom stereocenters. The number of rotatable bonds is 7. The summed E-state index contributed by atoms with van der Waals surface area (Å²) >= 11 is 0. The molecule has 2 aromatic carbocycles. The van der Waals surface area contributed by atoms with Gasteiger partial charge >= 0.3 is 0 Å². The third kappa shape index (κ3) is 4.33. The van der Waals surface area contributed by atoms with E-state index in [0.29, 0.717) is 16.6 Å². The molecule has 4 aromatic rings. The highest BCUT2D eigenvalue weighted by Crippen LogP contribution is 2.40. The number of para-hydroxylation sites is 1. The van der Waals surface area contributed by atoms with Crippen LogP contribution < -0.4 is 21.3 Å². The van der Waals surface area contributed by atoms with Crippen molar-refractivity contribution in [2.45, 2.75) is 9.79 Å². The lowest BCUT2D eigenvalue weighted by atomic mass is 9.98. The lowest BCUT2D eigenvalue weighted by Crippen LogP contribution is -2.31. The Balaban J connectivity index is 0.00000324. The van der Waals surface area contributed by atoms with Crippen molar-refractivity contribution in [3.8, 4) is 22.5 Å². The van der Waals surface area contributed by atoms with Gasteiger partial charge in [0.05, 0.1) is 16.6 Å². The minimum atomic E-state index is -4.61. The highest BCUT2D eigenvalue weighted by Gasteiger charge is 2.32. The van der Waals surface area contributed by atoms with Crippen molar-refractivity contribution < 1.29 is 16.8 Å². The number of primary sulfonamides is 1. The molecule has 0 aliphatic rings. The topological polar surface area (TPSA) is 231 Å². The number of nitrogens with two attached hydrogens (primary N) is 3. The Kier molecular flexibility index (Phi) is 6.92. The van der Waals surface area contributed by atoms with E-state index in [2.05, 4.69) is 30.3 Å². The molecule has 0 fully saturated rings. The normalized spacial score (nSPS) is 12.1. The molecule has 34 heavy (non-hydrogen) atoms. The van der Waals surface area contributed by atoms with Gasteiger partial charge in [0.1, 0.15) is 9.79 Å². The van der Waals surface area contributed by atoms with E-state index in [1.807, 2.05) is 0 Å². The second-order valence-electron chi connectivity index (χ2n) is 6.98. The number of fused-ring (bicyclic) bond motifs is 1. The van der Waals surface area contributed by atoms with Gasteiger partial charge in [-0.3, -0.25) is 0 Å². The fourth-order valence-electron chi connectivity index (χ4n) is 3.49. The number of aromatic amines is 1. The van der Waals surface area contributed by atoms with E-state index in [1.165, 1.54) is 6.07 Å². The molecular weight excluding hydrogens is 508 g/mol. The van der Waals surface area contributed by atoms with Crippen LogP contribution in [0.3, 0.4) is 0 Å². The number of hydrogen-bond acceptors (Lipinski definition) is 10. The zero-order valence-corrected chi connectivity index (χ0v) is 20.1. The minimum Gasteiger partial charge on any atom is -0.369 e. The average molecular weight is 529 g/mol. The Labute approximate surface area is 200 Å². The molecule has 17 heteroatoms. The highest BCUT2D eigenvalue weighted by atomic mass is 35.5. The number of benzene rings is 2. The van der Waals surface area contributed by atoms with Crippen molar-refractivity contribution in [3.05, 3.63) is 30.3 Å². The van der Waals surface area contributed by atoms with E-state index < -0.39 is 29.8 Å². The first kappa shape index (κ1) is 25.5. The van der Waals surface area contributed by atoms with E-state index in [4.69, 9.17) is 16.6 Å². The van der Waals surface area contributed by atoms with Gasteiger partial charge in [-0.25, -0.2) is 31.7 Å². The van der Waals surface area contributed by atoms with E-state index in [-0.39, 0.29) is 48.4 Å². The summed E-state index contributed by atoms with van der Waals surface area (Å²) in [5, 5.41) is 19.0. The largest absolute Gasteiger partial charge is 0.369 e. The number of nitrogens with one attached hydrogen (secondary N) is 2. The Bertz CT molecular complexity index is 1570. The van der Waals surface area contributed by atoms with Gasteiger partial charge in [-0.1, -0.05) is 18.2 Å². The van der Waals surface area contributed by atoms with Gasteiger partial charge in [-0.15, -0.1) is 22.6 Å². The average Bonchev–Trinajstić information content (AvgIpc) is 3.39. The van der Waals surface area contributed by atoms with Crippen LogP contribution in [0.4, 0.5) is 5.95 Å². The van der Waals surface area contributed by atoms with Crippen LogP contribution in [0.25, 0.3) is 33.5 Å². The Morgan fingerprint density at radius 1 is 1.12 bits per heavy atom. The summed E-state index contributed by atoms with van der Waals surface area (Å²) in [6, 6.07) is 7.76. The van der Waals surface area contributed by atoms with Crippen molar-refractivity contribution in [3.63, 3.8) is 0 Å². The molecule has 4 rings (SSSR count). The molecular formula is C17H21ClN10O4S2. The van der Waals surface area contributed by atoms with Gasteiger partial charge in [0, 0.05) is 25.7 Å². The van der Waals surface area contributed by atoms with Crippen LogP contribution >= 0.6 is 12.4 Å². The second kappa shape index (κ2) is 9.24. The first-order valence-corrected chi connectivity index (χ1v) is 12.4. The molecule has 14 nitrogen and oxygen atoms in total. The van der Waals surface area contributed by atoms with E-state index in [9.17, 15) is 16.8 Å². The van der Waals surface area contributed by atoms with E-state index >= 15 is 0 Å². The molecule has 0 amide bonds. The van der Waals surface area contributed by atoms with Crippen LogP contribution in [-0.2, 0) is 27.1 Å². The number of nitrogens with zero attached hydrogens (tertiary/aromatic N) is 5. The Hall–Kier alpha value is -3.15. The van der Waals surface area contributed by atoms with Crippen LogP contribution in [0.1, 0.15) is 0 Å². The molecule has 8 N–H and O–H groups in total. The zero-order valence-electron chi connectivity index (χ0n) is 17.6. The summed E-state index contributed by atoms with van der Waals surface area (Å²) in [6.07, 6.45) is 0. The Morgan fingerprint density at radius 3 is 2.47 bits per heavy atom. The maximum absolute atomic E-state index is 12.9. The van der Waals surface area contributed by atoms with Crippen LogP contribution in [0.2, 0.25) is 0 Å². The first-order chi connectivity index (χ1) is 15.6. The van der Waals surface area contributed by atoms with Crippen molar-refractivity contribution in [2.75, 3.05) is 18.8 Å². The van der Waals surface area contributed by atoms with Crippen molar-refractivity contribution in [1.82, 2.24) is 34.9 Å². The fourth-order valence-corrected chi connectivity index (χ4v) is 6.14. The summed E-state index contributed by atoms with van der Waals surface area (Å²) in [4.78, 5) is 3.10. The number of sulfonamides is 2. The number of imidazole rings is 1. The molecule has 0 aliphatic heterocycles. The smallest absolute Gasteiger partial charge is 0.241 e. The number of halogens is 1. The lowest BCUT2D eigenvalue weighted by molar-refractivity contribution is 0.574. The Morgan fingerprint density at radius 2 is 1.85 bits per heavy atom. The molecule has 0 radical (unpaired) electrons. The van der Waals surface area contributed by atoms with Gasteiger partial charge in [-0.2, -0.15) is 5.21 Å². The van der Waals surface area contributed by atoms with Crippen molar-refractivity contribution >= 4 is 49.4 Å². The van der Waals surface area contributed by atoms with Gasteiger partial charge in [0.25, 0.3) is 0 Å². The maximum Gasteiger partial charge on any atom is 0.241 e. The van der Waals surface area contributed by atoms with Gasteiger partial charge < -0.3 is 16.0 Å². The third-order valence-corrected chi connectivity index (χ3v) is 7.56. The summed E-state index contributed by atoms with van der Waals surface area (Å²) in [5.74, 6) is 0.0567. The maximum atomic E-state index is 12.9. The molecule has 182 valence electrons. The number of aromatic nitrogens is 6. The number of hydrogen-bond donors (Lipinski definition) is 5. The zero-order chi connectivity index (χ0) is 24.0. The molecule has 0 spiro atoms. The molecule has 0 atom stereocenters. The predicted octanol–water partition coefficient (Wildman–Crippen LogP) is -0.691. The van der Waals surface area contributed by atoms with Crippen LogP contribution in [-0.4, -0.2) is 60.1 Å². The van der Waals surface area contributed by atoms with E-state index in [0.717, 1.165) is 6.07 Å². The molecule has 0 saturated heterocycles. The van der Waals surface area contributed by atoms with Gasteiger partial charge in [0.15, 0.2) is 0 Å². The first-order valence-electron chi connectivity index (χ1n) is 9.41. The van der Waals surface area contributed by atoms with Gasteiger partial charge in [-0.05, 0) is 22.9 Å². The number of H-pyrrole nitrogens is 1. The second-order valence-corrected chi connectivity index (χ2v) is 10.2. The summed E-state index contributed by atoms with van der Waals surface area (Å²) in [6.45, 7) is -0.110. The number of tetrazole rings is 1. The monoisotopic (exact) mass is 528 g/mol. The van der Waals surface area contributed by atoms with Crippen LogP contribution in [0.5, 0.6) is 0 Å². The van der Waals surface area contributed by atoms with Crippen molar-refractivity contribution in [2.24, 2.45) is 17.9 Å². The highest BCUT2D eigenvalue weighted by molar-refractivity contribution is 7.92. The number of anilines is 1. The standard InChI is InChI=1S/C17H20N10O4S2.ClH/c1-27-11-4-2-3-10(14(11)22-17(27)19)9-5-6-12(33(30,31)21-8-7-18)15(32(20,28)29)13(9)16-23-25-26-24-16;/h2-6,21H,7-8,18H2,1H3,(H2,19,22)(H2,20,28,29)(H,23,24,25,26);1H. The molecule has 0 aliphatic carbocycles. The lowest BCUT2D eigenvalue weighted by Gasteiger charge is -2.16. The number of aryl methyl sites for hydroxylation is 1. The molecule has 2 aromatic heterocycles. The summed E-state index contributed by atoms with van der Waals surface area (Å²) in [5.41, 5.74) is 13.0. The third-order valence-electron chi connectivity index (χ3n) is 4.94.